The van der Waals surface area contributed by atoms with Crippen molar-refractivity contribution in [2.75, 3.05) is 13.1 Å². The summed E-state index contributed by atoms with van der Waals surface area (Å²) in [6, 6.07) is 6.04. The van der Waals surface area contributed by atoms with Crippen molar-refractivity contribution in [3.05, 3.63) is 34.4 Å². The van der Waals surface area contributed by atoms with Gasteiger partial charge in [-0.05, 0) is 26.8 Å². The van der Waals surface area contributed by atoms with Crippen molar-refractivity contribution in [2.24, 2.45) is 0 Å². The molecule has 0 radical (unpaired) electrons. The second kappa shape index (κ2) is 6.21. The smallest absolute Gasteiger partial charge is 0.410 e. The predicted molar refractivity (Wildman–Crippen MR) is 79.9 cm³/mol. The van der Waals surface area contributed by atoms with Crippen molar-refractivity contribution in [1.82, 2.24) is 4.90 Å². The minimum atomic E-state index is -0.532. The van der Waals surface area contributed by atoms with Crippen LogP contribution in [0, 0.1) is 10.1 Å². The lowest BCUT2D eigenvalue weighted by Gasteiger charge is -2.24. The van der Waals surface area contributed by atoms with E-state index in [-0.39, 0.29) is 17.9 Å². The van der Waals surface area contributed by atoms with Crippen LogP contribution in [0.25, 0.3) is 0 Å². The third-order valence-corrected chi connectivity index (χ3v) is 3.13. The Balaban J connectivity index is 1.92. The van der Waals surface area contributed by atoms with Gasteiger partial charge in [0.15, 0.2) is 0 Å². The quantitative estimate of drug-likeness (QED) is 0.633. The summed E-state index contributed by atoms with van der Waals surface area (Å²) in [4.78, 5) is 23.8. The van der Waals surface area contributed by atoms with E-state index in [1.165, 1.54) is 12.1 Å². The highest BCUT2D eigenvalue weighted by Crippen LogP contribution is 2.23. The Morgan fingerprint density at radius 3 is 2.77 bits per heavy atom. The molecule has 0 N–H and O–H groups in total. The molecule has 0 bridgehead atoms. The largest absolute Gasteiger partial charge is 0.488 e. The fraction of sp³-hybridized carbons (Fsp3) is 0.533. The Hall–Kier alpha value is -2.31. The first kappa shape index (κ1) is 16.1. The van der Waals surface area contributed by atoms with E-state index in [1.54, 1.807) is 17.0 Å². The van der Waals surface area contributed by atoms with Gasteiger partial charge >= 0.3 is 6.09 Å². The monoisotopic (exact) mass is 308 g/mol. The SMILES string of the molecule is CC(C)(C)OC(=O)N1CC[C@@H](Oc2cccc([N+](=O)[O-])c2)C1. The number of ether oxygens (including phenoxy) is 2. The summed E-state index contributed by atoms with van der Waals surface area (Å²) in [5.74, 6) is 0.435. The Labute approximate surface area is 129 Å². The molecule has 120 valence electrons. The lowest BCUT2D eigenvalue weighted by Crippen LogP contribution is -2.36. The van der Waals surface area contributed by atoms with E-state index >= 15 is 0 Å². The number of nitro groups is 1. The minimum absolute atomic E-state index is 0.0144. The van der Waals surface area contributed by atoms with Crippen LogP contribution in [0.15, 0.2) is 24.3 Å². The van der Waals surface area contributed by atoms with Gasteiger partial charge in [-0.3, -0.25) is 10.1 Å². The van der Waals surface area contributed by atoms with Gasteiger partial charge in [-0.2, -0.15) is 0 Å². The zero-order valence-electron chi connectivity index (χ0n) is 12.9. The lowest BCUT2D eigenvalue weighted by molar-refractivity contribution is -0.384. The Morgan fingerprint density at radius 1 is 1.41 bits per heavy atom. The second-order valence-electron chi connectivity index (χ2n) is 6.21. The fourth-order valence-corrected chi connectivity index (χ4v) is 2.18. The predicted octanol–water partition coefficient (Wildman–Crippen LogP) is 2.98. The molecule has 1 aliphatic rings. The van der Waals surface area contributed by atoms with Crippen LogP contribution in [0.5, 0.6) is 5.75 Å². The molecule has 22 heavy (non-hydrogen) atoms. The van der Waals surface area contributed by atoms with Gasteiger partial charge in [0.05, 0.1) is 17.5 Å². The molecule has 1 aromatic rings. The third kappa shape index (κ3) is 4.34. The first-order valence-electron chi connectivity index (χ1n) is 7.13. The van der Waals surface area contributed by atoms with E-state index in [4.69, 9.17) is 9.47 Å². The Morgan fingerprint density at radius 2 is 2.14 bits per heavy atom. The standard InChI is InChI=1S/C15H20N2O5/c1-15(2,3)22-14(18)16-8-7-13(10-16)21-12-6-4-5-11(9-12)17(19)20/h4-6,9,13H,7-8,10H2,1-3H3/t13-/m1/s1. The van der Waals surface area contributed by atoms with E-state index in [2.05, 4.69) is 0 Å². The lowest BCUT2D eigenvalue weighted by atomic mass is 10.2. The van der Waals surface area contributed by atoms with Gasteiger partial charge in [0.1, 0.15) is 17.5 Å². The van der Waals surface area contributed by atoms with E-state index in [1.807, 2.05) is 20.8 Å². The second-order valence-corrected chi connectivity index (χ2v) is 6.21. The number of amides is 1. The number of nitro benzene ring substituents is 1. The van der Waals surface area contributed by atoms with Crippen molar-refractivity contribution in [3.63, 3.8) is 0 Å². The van der Waals surface area contributed by atoms with Crippen LogP contribution in [-0.2, 0) is 4.74 Å². The van der Waals surface area contributed by atoms with Crippen molar-refractivity contribution < 1.29 is 19.2 Å². The van der Waals surface area contributed by atoms with Gasteiger partial charge in [-0.1, -0.05) is 6.07 Å². The van der Waals surface area contributed by atoms with Crippen LogP contribution in [0.3, 0.4) is 0 Å². The molecule has 1 amide bonds. The average Bonchev–Trinajstić information content (AvgIpc) is 2.85. The summed E-state index contributed by atoms with van der Waals surface area (Å²) in [6.45, 7) is 6.42. The normalized spacial score (nSPS) is 18.1. The number of non-ortho nitro benzene ring substituents is 1. The number of rotatable bonds is 3. The molecule has 2 rings (SSSR count). The highest BCUT2D eigenvalue weighted by molar-refractivity contribution is 5.68. The van der Waals surface area contributed by atoms with Gasteiger partial charge in [-0.25, -0.2) is 4.79 Å². The van der Waals surface area contributed by atoms with Gasteiger partial charge < -0.3 is 14.4 Å². The average molecular weight is 308 g/mol. The molecule has 0 aliphatic carbocycles. The maximum atomic E-state index is 12.0. The molecule has 0 saturated carbocycles. The molecule has 1 atom stereocenters. The number of carbonyl (C=O) groups excluding carboxylic acids is 1. The fourth-order valence-electron chi connectivity index (χ4n) is 2.18. The van der Waals surface area contributed by atoms with Crippen LogP contribution in [0.4, 0.5) is 10.5 Å². The number of hydrogen-bond acceptors (Lipinski definition) is 5. The zero-order valence-corrected chi connectivity index (χ0v) is 12.9. The van der Waals surface area contributed by atoms with Gasteiger partial charge in [-0.15, -0.1) is 0 Å². The highest BCUT2D eigenvalue weighted by Gasteiger charge is 2.31. The maximum absolute atomic E-state index is 12.0. The maximum Gasteiger partial charge on any atom is 0.410 e. The Bertz CT molecular complexity index is 567. The number of likely N-dealkylation sites (tertiary alicyclic amines) is 1. The zero-order chi connectivity index (χ0) is 16.3. The number of carbonyl (C=O) groups is 1. The van der Waals surface area contributed by atoms with Crippen LogP contribution in [0.2, 0.25) is 0 Å². The molecule has 0 spiro atoms. The van der Waals surface area contributed by atoms with E-state index in [0.717, 1.165) is 0 Å². The summed E-state index contributed by atoms with van der Waals surface area (Å²) < 4.78 is 11.0. The molecule has 7 nitrogen and oxygen atoms in total. The third-order valence-electron chi connectivity index (χ3n) is 3.13. The molecule has 0 aromatic heterocycles. The van der Waals surface area contributed by atoms with Gasteiger partial charge in [0, 0.05) is 19.0 Å². The summed E-state index contributed by atoms with van der Waals surface area (Å²) in [6.07, 6.45) is 0.120. The molecule has 1 aromatic carbocycles. The molecule has 1 fully saturated rings. The van der Waals surface area contributed by atoms with Crippen LogP contribution in [-0.4, -0.2) is 40.7 Å². The molecule has 1 saturated heterocycles. The summed E-state index contributed by atoms with van der Waals surface area (Å²) in [7, 11) is 0. The van der Waals surface area contributed by atoms with E-state index < -0.39 is 10.5 Å². The summed E-state index contributed by atoms with van der Waals surface area (Å²) in [5.41, 5.74) is -0.546. The van der Waals surface area contributed by atoms with Crippen molar-refractivity contribution in [2.45, 2.75) is 38.9 Å². The van der Waals surface area contributed by atoms with Crippen molar-refractivity contribution >= 4 is 11.8 Å². The number of benzene rings is 1. The topological polar surface area (TPSA) is 81.9 Å². The first-order valence-corrected chi connectivity index (χ1v) is 7.13. The molecule has 0 unspecified atom stereocenters. The van der Waals surface area contributed by atoms with Gasteiger partial charge in [0.2, 0.25) is 0 Å². The minimum Gasteiger partial charge on any atom is -0.488 e. The van der Waals surface area contributed by atoms with Crippen LogP contribution >= 0.6 is 0 Å². The first-order chi connectivity index (χ1) is 10.2. The molecular formula is C15H20N2O5. The highest BCUT2D eigenvalue weighted by atomic mass is 16.6. The van der Waals surface area contributed by atoms with Crippen LogP contribution in [0.1, 0.15) is 27.2 Å². The number of nitrogens with zero attached hydrogens (tertiary/aromatic N) is 2. The Kier molecular flexibility index (Phi) is 4.54. The molecule has 1 heterocycles. The van der Waals surface area contributed by atoms with E-state index in [9.17, 15) is 14.9 Å². The number of hydrogen-bond donors (Lipinski definition) is 0. The summed E-state index contributed by atoms with van der Waals surface area (Å²) >= 11 is 0. The molecule has 1 aliphatic heterocycles. The van der Waals surface area contributed by atoms with Gasteiger partial charge in [0.25, 0.3) is 5.69 Å². The molecule has 7 heteroatoms. The van der Waals surface area contributed by atoms with Crippen molar-refractivity contribution in [1.29, 1.82) is 0 Å². The van der Waals surface area contributed by atoms with Crippen LogP contribution < -0.4 is 4.74 Å². The van der Waals surface area contributed by atoms with Crippen molar-refractivity contribution in [3.8, 4) is 5.75 Å². The summed E-state index contributed by atoms with van der Waals surface area (Å²) in [5, 5.41) is 10.7. The molecular weight excluding hydrogens is 288 g/mol. The van der Waals surface area contributed by atoms with E-state index in [0.29, 0.717) is 25.3 Å².